The van der Waals surface area contributed by atoms with Crippen LogP contribution in [0.5, 0.6) is 5.75 Å². The van der Waals surface area contributed by atoms with Crippen molar-refractivity contribution in [3.8, 4) is 5.75 Å². The number of alkyl halides is 3. The van der Waals surface area contributed by atoms with Crippen molar-refractivity contribution in [1.82, 2.24) is 0 Å². The highest BCUT2D eigenvalue weighted by molar-refractivity contribution is 5.95. The Bertz CT molecular complexity index is 419. The van der Waals surface area contributed by atoms with Crippen molar-refractivity contribution in [2.75, 3.05) is 11.9 Å². The molecule has 0 saturated heterocycles. The van der Waals surface area contributed by atoms with Crippen LogP contribution in [0.25, 0.3) is 0 Å². The second-order valence-corrected chi connectivity index (χ2v) is 3.68. The molecule has 0 aliphatic carbocycles. The first kappa shape index (κ1) is 14.3. The Balaban J connectivity index is 2.77. The Kier molecular flexibility index (Phi) is 4.55. The summed E-state index contributed by atoms with van der Waals surface area (Å²) in [5, 5.41) is 2.39. The van der Waals surface area contributed by atoms with Gasteiger partial charge in [-0.2, -0.15) is 13.2 Å². The molecule has 3 N–H and O–H groups in total. The van der Waals surface area contributed by atoms with Crippen molar-refractivity contribution in [3.05, 3.63) is 24.3 Å². The molecule has 0 bridgehead atoms. The summed E-state index contributed by atoms with van der Waals surface area (Å²) < 4.78 is 40.7. The number of rotatable bonds is 4. The average Bonchev–Trinajstić information content (AvgIpc) is 2.26. The molecule has 4 nitrogen and oxygen atoms in total. The standard InChI is InChI=1S/C11H13F3N2O2/c1-7(15)10(17)16-8-4-2-3-5-9(8)18-6-11(12,13)14/h2-5,7H,6,15H2,1H3,(H,16,17)/t7-/m0/s1. The Labute approximate surface area is 102 Å². The van der Waals surface area contributed by atoms with E-state index < -0.39 is 24.7 Å². The van der Waals surface area contributed by atoms with Crippen LogP contribution in [-0.2, 0) is 4.79 Å². The summed E-state index contributed by atoms with van der Waals surface area (Å²) in [7, 11) is 0. The van der Waals surface area contributed by atoms with Crippen molar-refractivity contribution < 1.29 is 22.7 Å². The summed E-state index contributed by atoms with van der Waals surface area (Å²) in [5.41, 5.74) is 5.50. The van der Waals surface area contributed by atoms with Crippen molar-refractivity contribution in [2.45, 2.75) is 19.1 Å². The van der Waals surface area contributed by atoms with Crippen LogP contribution in [0.15, 0.2) is 24.3 Å². The van der Waals surface area contributed by atoms with Crippen LogP contribution in [0.2, 0.25) is 0 Å². The smallest absolute Gasteiger partial charge is 0.422 e. The van der Waals surface area contributed by atoms with Gasteiger partial charge >= 0.3 is 6.18 Å². The van der Waals surface area contributed by atoms with Gasteiger partial charge in [-0.25, -0.2) is 0 Å². The maximum Gasteiger partial charge on any atom is 0.422 e. The van der Waals surface area contributed by atoms with Gasteiger partial charge in [-0.3, -0.25) is 4.79 Å². The van der Waals surface area contributed by atoms with E-state index >= 15 is 0 Å². The second kappa shape index (κ2) is 5.72. The maximum absolute atomic E-state index is 12.0. The number of nitrogens with two attached hydrogens (primary N) is 1. The van der Waals surface area contributed by atoms with Crippen LogP contribution in [0.4, 0.5) is 18.9 Å². The summed E-state index contributed by atoms with van der Waals surface area (Å²) >= 11 is 0. The van der Waals surface area contributed by atoms with E-state index in [4.69, 9.17) is 5.73 Å². The van der Waals surface area contributed by atoms with Gasteiger partial charge in [0.2, 0.25) is 5.91 Å². The number of hydrogen-bond donors (Lipinski definition) is 2. The highest BCUT2D eigenvalue weighted by atomic mass is 19.4. The van der Waals surface area contributed by atoms with E-state index in [-0.39, 0.29) is 11.4 Å². The molecule has 1 amide bonds. The fourth-order valence-electron chi connectivity index (χ4n) is 1.10. The number of amides is 1. The van der Waals surface area contributed by atoms with Gasteiger partial charge in [0.15, 0.2) is 6.61 Å². The molecular weight excluding hydrogens is 249 g/mol. The molecule has 0 unspecified atom stereocenters. The van der Waals surface area contributed by atoms with E-state index in [1.807, 2.05) is 0 Å². The lowest BCUT2D eigenvalue weighted by molar-refractivity contribution is -0.153. The zero-order valence-corrected chi connectivity index (χ0v) is 9.62. The number of carbonyl (C=O) groups is 1. The summed E-state index contributed by atoms with van der Waals surface area (Å²) in [6.07, 6.45) is -4.43. The number of para-hydroxylation sites is 2. The van der Waals surface area contributed by atoms with E-state index in [9.17, 15) is 18.0 Å². The normalized spacial score (nSPS) is 12.9. The minimum Gasteiger partial charge on any atom is -0.482 e. The average molecular weight is 262 g/mol. The van der Waals surface area contributed by atoms with E-state index in [1.54, 1.807) is 6.07 Å². The third kappa shape index (κ3) is 4.62. The predicted octanol–water partition coefficient (Wildman–Crippen LogP) is 1.91. The molecule has 0 aromatic heterocycles. The predicted molar refractivity (Wildman–Crippen MR) is 60.3 cm³/mol. The summed E-state index contributed by atoms with van der Waals surface area (Å²) in [6, 6.07) is 5.08. The summed E-state index contributed by atoms with van der Waals surface area (Å²) in [4.78, 5) is 11.4. The fourth-order valence-corrected chi connectivity index (χ4v) is 1.10. The van der Waals surface area contributed by atoms with Crippen molar-refractivity contribution >= 4 is 11.6 Å². The Morgan fingerprint density at radius 2 is 2.06 bits per heavy atom. The summed E-state index contributed by atoms with van der Waals surface area (Å²) in [5.74, 6) is -0.554. The van der Waals surface area contributed by atoms with Gasteiger partial charge in [0.25, 0.3) is 0 Å². The Hall–Kier alpha value is -1.76. The van der Waals surface area contributed by atoms with Gasteiger partial charge in [-0.1, -0.05) is 12.1 Å². The monoisotopic (exact) mass is 262 g/mol. The molecule has 18 heavy (non-hydrogen) atoms. The number of carbonyl (C=O) groups excluding carboxylic acids is 1. The quantitative estimate of drug-likeness (QED) is 0.871. The lowest BCUT2D eigenvalue weighted by atomic mass is 10.2. The minimum absolute atomic E-state index is 0.0520. The molecule has 0 aliphatic rings. The first-order valence-electron chi connectivity index (χ1n) is 5.14. The number of halogens is 3. The molecule has 0 radical (unpaired) electrons. The highest BCUT2D eigenvalue weighted by Gasteiger charge is 2.28. The van der Waals surface area contributed by atoms with Crippen LogP contribution in [0.3, 0.4) is 0 Å². The first-order chi connectivity index (χ1) is 8.29. The van der Waals surface area contributed by atoms with Crippen LogP contribution in [-0.4, -0.2) is 24.7 Å². The molecule has 0 spiro atoms. The van der Waals surface area contributed by atoms with E-state index in [1.165, 1.54) is 25.1 Å². The number of benzene rings is 1. The third-order valence-corrected chi connectivity index (χ3v) is 1.95. The molecule has 0 fully saturated rings. The first-order valence-corrected chi connectivity index (χ1v) is 5.14. The lowest BCUT2D eigenvalue weighted by Gasteiger charge is -2.14. The van der Waals surface area contributed by atoms with Gasteiger partial charge in [0.1, 0.15) is 5.75 Å². The van der Waals surface area contributed by atoms with Gasteiger partial charge in [0, 0.05) is 0 Å². The zero-order chi connectivity index (χ0) is 13.8. The summed E-state index contributed by atoms with van der Waals surface area (Å²) in [6.45, 7) is 0.0482. The van der Waals surface area contributed by atoms with Crippen molar-refractivity contribution in [1.29, 1.82) is 0 Å². The fraction of sp³-hybridized carbons (Fsp3) is 0.364. The van der Waals surface area contributed by atoms with E-state index in [0.29, 0.717) is 0 Å². The third-order valence-electron chi connectivity index (χ3n) is 1.95. The zero-order valence-electron chi connectivity index (χ0n) is 9.62. The molecule has 0 aliphatic heterocycles. The van der Waals surface area contributed by atoms with Gasteiger partial charge < -0.3 is 15.8 Å². The SMILES string of the molecule is C[C@H](N)C(=O)Nc1ccccc1OCC(F)(F)F. The van der Waals surface area contributed by atoms with Crippen LogP contribution in [0, 0.1) is 0 Å². The van der Waals surface area contributed by atoms with E-state index in [0.717, 1.165) is 0 Å². The maximum atomic E-state index is 12.0. The molecule has 100 valence electrons. The second-order valence-electron chi connectivity index (χ2n) is 3.68. The Morgan fingerprint density at radius 3 is 2.61 bits per heavy atom. The van der Waals surface area contributed by atoms with Gasteiger partial charge in [-0.05, 0) is 19.1 Å². The van der Waals surface area contributed by atoms with Gasteiger partial charge in [0.05, 0.1) is 11.7 Å². The van der Waals surface area contributed by atoms with Crippen molar-refractivity contribution in [2.24, 2.45) is 5.73 Å². The van der Waals surface area contributed by atoms with Crippen LogP contribution in [0.1, 0.15) is 6.92 Å². The molecular formula is C11H13F3N2O2. The number of hydrogen-bond acceptors (Lipinski definition) is 3. The Morgan fingerprint density at radius 1 is 1.44 bits per heavy atom. The van der Waals surface area contributed by atoms with E-state index in [2.05, 4.69) is 10.1 Å². The molecule has 1 aromatic rings. The molecule has 1 atom stereocenters. The molecule has 1 rings (SSSR count). The molecule has 0 heterocycles. The van der Waals surface area contributed by atoms with Gasteiger partial charge in [-0.15, -0.1) is 0 Å². The van der Waals surface area contributed by atoms with Crippen LogP contribution < -0.4 is 15.8 Å². The minimum atomic E-state index is -4.43. The molecule has 1 aromatic carbocycles. The lowest BCUT2D eigenvalue weighted by Crippen LogP contribution is -2.32. The largest absolute Gasteiger partial charge is 0.482 e. The number of nitrogens with one attached hydrogen (secondary N) is 1. The van der Waals surface area contributed by atoms with Crippen LogP contribution >= 0.6 is 0 Å². The molecule has 0 saturated carbocycles. The molecule has 7 heteroatoms. The van der Waals surface area contributed by atoms with Crippen molar-refractivity contribution in [3.63, 3.8) is 0 Å². The number of ether oxygens (including phenoxy) is 1. The number of anilines is 1. The topological polar surface area (TPSA) is 64.4 Å². The highest BCUT2D eigenvalue weighted by Crippen LogP contribution is 2.26.